The van der Waals surface area contributed by atoms with Crippen LogP contribution in [0, 0.1) is 0 Å². The van der Waals surface area contributed by atoms with Gasteiger partial charge in [-0.3, -0.25) is 29.0 Å². The summed E-state index contributed by atoms with van der Waals surface area (Å²) in [6.45, 7) is 0. The molecule has 0 aliphatic carbocycles. The average molecular weight is 401 g/mol. The van der Waals surface area contributed by atoms with Gasteiger partial charge in [0.05, 0.1) is 12.8 Å². The second-order valence-corrected chi connectivity index (χ2v) is 6.12. The van der Waals surface area contributed by atoms with Gasteiger partial charge in [-0.1, -0.05) is 0 Å². The number of carboxylic acids is 3. The Morgan fingerprint density at radius 2 is 1.54 bits per heavy atom. The van der Waals surface area contributed by atoms with Gasteiger partial charge in [0.15, 0.2) is 0 Å². The maximum absolute atomic E-state index is 11.7. The highest BCUT2D eigenvalue weighted by molar-refractivity contribution is 7.46. The summed E-state index contributed by atoms with van der Waals surface area (Å²) < 4.78 is 18.7. The fraction of sp³-hybridized carbons (Fsp3) is 0.545. The Hall–Kier alpha value is -2.54. The zero-order valence-corrected chi connectivity index (χ0v) is 13.8. The lowest BCUT2D eigenvalue weighted by Crippen LogP contribution is -2.47. The molecule has 0 amide bonds. The van der Waals surface area contributed by atoms with Crippen molar-refractivity contribution in [1.29, 1.82) is 0 Å². The summed E-state index contributed by atoms with van der Waals surface area (Å²) in [4.78, 5) is 73.0. The molecule has 7 N–H and O–H groups in total. The SMILES string of the molecule is N[C@@H](CCC(=O)OC(CC(=O)O)(CC(=O)OP(=O)(O)O)C(=O)O)C(=O)O. The lowest BCUT2D eigenvalue weighted by atomic mass is 9.95. The first-order valence-electron chi connectivity index (χ1n) is 6.62. The first-order valence-corrected chi connectivity index (χ1v) is 8.15. The van der Waals surface area contributed by atoms with Crippen molar-refractivity contribution >= 4 is 37.7 Å². The molecule has 0 radical (unpaired) electrons. The van der Waals surface area contributed by atoms with Gasteiger partial charge in [0.2, 0.25) is 5.60 Å². The van der Waals surface area contributed by atoms with Crippen LogP contribution in [0.3, 0.4) is 0 Å². The van der Waals surface area contributed by atoms with Crippen molar-refractivity contribution in [2.24, 2.45) is 5.73 Å². The summed E-state index contributed by atoms with van der Waals surface area (Å²) in [7, 11) is -5.36. The van der Waals surface area contributed by atoms with Crippen LogP contribution in [0.4, 0.5) is 0 Å². The van der Waals surface area contributed by atoms with Crippen LogP contribution in [-0.4, -0.2) is 66.6 Å². The van der Waals surface area contributed by atoms with E-state index in [9.17, 15) is 33.6 Å². The second-order valence-electron chi connectivity index (χ2n) is 4.96. The van der Waals surface area contributed by atoms with Crippen LogP contribution in [0.25, 0.3) is 0 Å². The molecule has 0 aliphatic rings. The fourth-order valence-electron chi connectivity index (χ4n) is 1.64. The van der Waals surface area contributed by atoms with Gasteiger partial charge in [-0.25, -0.2) is 9.36 Å². The number of ether oxygens (including phenoxy) is 1. The smallest absolute Gasteiger partial charge is 0.481 e. The Bertz CT molecular complexity index is 640. The van der Waals surface area contributed by atoms with Gasteiger partial charge in [-0.05, 0) is 6.42 Å². The predicted molar refractivity (Wildman–Crippen MR) is 76.3 cm³/mol. The number of carbonyl (C=O) groups is 5. The Balaban J connectivity index is 5.37. The first kappa shape index (κ1) is 23.5. The highest BCUT2D eigenvalue weighted by atomic mass is 31.2. The van der Waals surface area contributed by atoms with Crippen LogP contribution in [-0.2, 0) is 37.8 Å². The molecule has 0 aromatic carbocycles. The van der Waals surface area contributed by atoms with E-state index in [2.05, 4.69) is 9.26 Å². The third-order valence-electron chi connectivity index (χ3n) is 2.76. The number of esters is 1. The van der Waals surface area contributed by atoms with Gasteiger partial charge < -0.3 is 30.3 Å². The van der Waals surface area contributed by atoms with Crippen molar-refractivity contribution in [3.8, 4) is 0 Å². The fourth-order valence-corrected chi connectivity index (χ4v) is 1.97. The molecule has 15 heteroatoms. The zero-order chi connectivity index (χ0) is 20.7. The molecule has 2 atom stereocenters. The molecule has 1 unspecified atom stereocenters. The number of nitrogens with two attached hydrogens (primary N) is 1. The maximum Gasteiger partial charge on any atom is 0.526 e. The van der Waals surface area contributed by atoms with E-state index in [0.717, 1.165) is 0 Å². The van der Waals surface area contributed by atoms with Crippen LogP contribution < -0.4 is 5.73 Å². The van der Waals surface area contributed by atoms with Gasteiger partial charge in [0.25, 0.3) is 0 Å². The third-order valence-corrected chi connectivity index (χ3v) is 3.20. The monoisotopic (exact) mass is 401 g/mol. The molecule has 0 rings (SSSR count). The van der Waals surface area contributed by atoms with Crippen LogP contribution in [0.1, 0.15) is 25.7 Å². The molecule has 0 fully saturated rings. The molecule has 0 bridgehead atoms. The minimum absolute atomic E-state index is 0.482. The van der Waals surface area contributed by atoms with E-state index in [-0.39, 0.29) is 0 Å². The van der Waals surface area contributed by atoms with E-state index in [1.165, 1.54) is 0 Å². The molecular formula is C11H16NO13P. The molecule has 0 saturated heterocycles. The summed E-state index contributed by atoms with van der Waals surface area (Å²) in [5.74, 6) is -8.60. The molecule has 0 aliphatic heterocycles. The topological polar surface area (TPSA) is 248 Å². The summed E-state index contributed by atoms with van der Waals surface area (Å²) in [5, 5.41) is 26.5. The maximum atomic E-state index is 11.7. The minimum atomic E-state index is -5.36. The predicted octanol–water partition coefficient (Wildman–Crippen LogP) is -1.95. The summed E-state index contributed by atoms with van der Waals surface area (Å²) >= 11 is 0. The lowest BCUT2D eigenvalue weighted by Gasteiger charge is -2.27. The largest absolute Gasteiger partial charge is 0.526 e. The Morgan fingerprint density at radius 1 is 1.00 bits per heavy atom. The standard InChI is InChI=1S/C11H16NO13P/c12-5(9(17)18)1-2-7(15)24-11(10(19)20,3-6(13)14)4-8(16)25-26(21,22)23/h5H,1-4,12H2,(H,13,14)(H,17,18)(H,19,20)(H2,21,22,23)/t5-,11?/m0/s1. The van der Waals surface area contributed by atoms with Crippen molar-refractivity contribution in [3.63, 3.8) is 0 Å². The Morgan fingerprint density at radius 3 is 1.92 bits per heavy atom. The number of phosphoric acid groups is 1. The van der Waals surface area contributed by atoms with Crippen molar-refractivity contribution in [2.75, 3.05) is 0 Å². The number of carbonyl (C=O) groups excluding carboxylic acids is 2. The van der Waals surface area contributed by atoms with Crippen LogP contribution >= 0.6 is 7.82 Å². The van der Waals surface area contributed by atoms with Crippen LogP contribution in [0.15, 0.2) is 0 Å². The Kier molecular flexibility index (Phi) is 8.34. The van der Waals surface area contributed by atoms with Crippen molar-refractivity contribution < 1.29 is 62.9 Å². The molecular weight excluding hydrogens is 385 g/mol. The second kappa shape index (κ2) is 9.24. The van der Waals surface area contributed by atoms with Gasteiger partial charge >= 0.3 is 37.7 Å². The zero-order valence-electron chi connectivity index (χ0n) is 12.9. The van der Waals surface area contributed by atoms with Crippen LogP contribution in [0.5, 0.6) is 0 Å². The number of rotatable bonds is 11. The molecule has 0 saturated carbocycles. The van der Waals surface area contributed by atoms with E-state index < -0.39 is 75.0 Å². The summed E-state index contributed by atoms with van der Waals surface area (Å²) in [5.41, 5.74) is 2.12. The van der Waals surface area contributed by atoms with Crippen molar-refractivity contribution in [1.82, 2.24) is 0 Å². The normalized spacial score (nSPS) is 14.6. The van der Waals surface area contributed by atoms with Gasteiger partial charge in [0, 0.05) is 6.42 Å². The van der Waals surface area contributed by atoms with E-state index in [0.29, 0.717) is 0 Å². The molecule has 0 aromatic rings. The van der Waals surface area contributed by atoms with Gasteiger partial charge in [-0.2, -0.15) is 0 Å². The number of phosphoric ester groups is 1. The third kappa shape index (κ3) is 8.53. The summed E-state index contributed by atoms with van der Waals surface area (Å²) in [6.07, 6.45) is -4.16. The number of hydrogen-bond acceptors (Lipinski definition) is 9. The van der Waals surface area contributed by atoms with E-state index in [1.54, 1.807) is 0 Å². The Labute approximate surface area is 144 Å². The quantitative estimate of drug-likeness (QED) is 0.163. The highest BCUT2D eigenvalue weighted by Gasteiger charge is 2.48. The van der Waals surface area contributed by atoms with E-state index in [1.807, 2.05) is 0 Å². The lowest BCUT2D eigenvalue weighted by molar-refractivity contribution is -0.186. The molecule has 148 valence electrons. The van der Waals surface area contributed by atoms with E-state index >= 15 is 0 Å². The minimum Gasteiger partial charge on any atom is -0.481 e. The molecule has 0 spiro atoms. The van der Waals surface area contributed by atoms with Gasteiger partial charge in [-0.15, -0.1) is 0 Å². The van der Waals surface area contributed by atoms with Crippen LogP contribution in [0.2, 0.25) is 0 Å². The molecule has 14 nitrogen and oxygen atoms in total. The summed E-state index contributed by atoms with van der Waals surface area (Å²) in [6, 6.07) is -1.49. The number of carboxylic acid groups (broad SMARTS) is 3. The molecule has 0 heterocycles. The average Bonchev–Trinajstić information content (AvgIpc) is 2.41. The number of aliphatic carboxylic acids is 3. The number of hydrogen-bond donors (Lipinski definition) is 6. The van der Waals surface area contributed by atoms with Crippen molar-refractivity contribution in [3.05, 3.63) is 0 Å². The van der Waals surface area contributed by atoms with E-state index in [4.69, 9.17) is 25.7 Å². The van der Waals surface area contributed by atoms with Crippen molar-refractivity contribution in [2.45, 2.75) is 37.3 Å². The highest BCUT2D eigenvalue weighted by Crippen LogP contribution is 2.37. The molecule has 0 aromatic heterocycles. The van der Waals surface area contributed by atoms with Gasteiger partial charge in [0.1, 0.15) is 6.04 Å². The molecule has 26 heavy (non-hydrogen) atoms. The first-order chi connectivity index (χ1) is 11.7.